The highest BCUT2D eigenvalue weighted by atomic mass is 31.2. The monoisotopic (exact) mass is 332 g/mol. The molecule has 3 aromatic heterocycles. The summed E-state index contributed by atoms with van der Waals surface area (Å²) in [5, 5.41) is 0. The van der Waals surface area contributed by atoms with Crippen LogP contribution in [0.25, 0.3) is 0 Å². The zero-order valence-corrected chi connectivity index (χ0v) is 14.5. The van der Waals surface area contributed by atoms with Crippen LogP contribution in [0, 0.1) is 0 Å². The summed E-state index contributed by atoms with van der Waals surface area (Å²) in [6, 6.07) is 0. The van der Waals surface area contributed by atoms with Crippen LogP contribution >= 0.6 is 7.14 Å². The number of imidazole rings is 3. The van der Waals surface area contributed by atoms with E-state index < -0.39 is 7.14 Å². The largest absolute Gasteiger partial charge is 0.328 e. The van der Waals surface area contributed by atoms with E-state index >= 15 is 0 Å². The molecule has 3 heterocycles. The second-order valence-electron chi connectivity index (χ2n) is 5.15. The molecule has 122 valence electrons. The Morgan fingerprint density at radius 3 is 1.30 bits per heavy atom. The van der Waals surface area contributed by atoms with Gasteiger partial charge in [-0.2, -0.15) is 0 Å². The SMILES string of the molecule is CCn1ccnc1P(=O)(c1nccn1CC)c1nccn1CC. The second kappa shape index (κ2) is 6.16. The van der Waals surface area contributed by atoms with Crippen LogP contribution in [0.2, 0.25) is 0 Å². The normalized spacial score (nSPS) is 12.0. The number of aromatic nitrogens is 6. The number of hydrogen-bond donors (Lipinski definition) is 0. The van der Waals surface area contributed by atoms with Gasteiger partial charge in [0.1, 0.15) is 0 Å². The van der Waals surface area contributed by atoms with Crippen molar-refractivity contribution in [1.82, 2.24) is 28.7 Å². The van der Waals surface area contributed by atoms with Gasteiger partial charge in [-0.1, -0.05) is 0 Å². The molecule has 0 aliphatic rings. The maximum atomic E-state index is 14.3. The highest BCUT2D eigenvalue weighted by Crippen LogP contribution is 2.40. The molecule has 0 unspecified atom stereocenters. The number of rotatable bonds is 6. The van der Waals surface area contributed by atoms with Gasteiger partial charge in [-0.15, -0.1) is 0 Å². The van der Waals surface area contributed by atoms with E-state index in [-0.39, 0.29) is 0 Å². The van der Waals surface area contributed by atoms with E-state index in [1.165, 1.54) is 0 Å². The van der Waals surface area contributed by atoms with Crippen LogP contribution in [-0.4, -0.2) is 28.7 Å². The van der Waals surface area contributed by atoms with E-state index in [4.69, 9.17) is 0 Å². The summed E-state index contributed by atoms with van der Waals surface area (Å²) >= 11 is 0. The maximum Gasteiger partial charge on any atom is 0.272 e. The van der Waals surface area contributed by atoms with Crippen LogP contribution < -0.4 is 16.7 Å². The van der Waals surface area contributed by atoms with Crippen LogP contribution in [0.4, 0.5) is 0 Å². The van der Waals surface area contributed by atoms with Crippen molar-refractivity contribution >= 4 is 23.8 Å². The van der Waals surface area contributed by atoms with Crippen molar-refractivity contribution in [3.05, 3.63) is 37.2 Å². The van der Waals surface area contributed by atoms with Crippen molar-refractivity contribution in [1.29, 1.82) is 0 Å². The average molecular weight is 332 g/mol. The Morgan fingerprint density at radius 2 is 1.04 bits per heavy atom. The van der Waals surface area contributed by atoms with Crippen molar-refractivity contribution in [2.75, 3.05) is 0 Å². The van der Waals surface area contributed by atoms with Crippen molar-refractivity contribution < 1.29 is 4.57 Å². The fraction of sp³-hybridized carbons (Fsp3) is 0.400. The summed E-state index contributed by atoms with van der Waals surface area (Å²) in [6.07, 6.45) is 10.6. The first-order valence-electron chi connectivity index (χ1n) is 7.81. The summed E-state index contributed by atoms with van der Waals surface area (Å²) < 4.78 is 20.0. The number of nitrogens with zero attached hydrogens (tertiary/aromatic N) is 6. The lowest BCUT2D eigenvalue weighted by Gasteiger charge is -2.19. The summed E-state index contributed by atoms with van der Waals surface area (Å²) in [5.41, 5.74) is 1.59. The lowest BCUT2D eigenvalue weighted by Crippen LogP contribution is -2.39. The summed E-state index contributed by atoms with van der Waals surface area (Å²) in [6.45, 7) is 8.10. The minimum absolute atomic E-state index is 0.529. The van der Waals surface area contributed by atoms with E-state index in [0.29, 0.717) is 36.3 Å². The van der Waals surface area contributed by atoms with Gasteiger partial charge in [-0.3, -0.25) is 4.57 Å². The van der Waals surface area contributed by atoms with Crippen LogP contribution in [0.5, 0.6) is 0 Å². The van der Waals surface area contributed by atoms with Gasteiger partial charge in [0.25, 0.3) is 7.14 Å². The fourth-order valence-electron chi connectivity index (χ4n) is 2.76. The Bertz CT molecular complexity index is 736. The predicted octanol–water partition coefficient (Wildman–Crippen LogP) is 0.975. The van der Waals surface area contributed by atoms with Gasteiger partial charge >= 0.3 is 0 Å². The van der Waals surface area contributed by atoms with Crippen LogP contribution in [0.3, 0.4) is 0 Å². The molecule has 0 saturated carbocycles. The molecule has 0 radical (unpaired) electrons. The van der Waals surface area contributed by atoms with E-state index in [1.807, 2.05) is 53.1 Å². The molecule has 0 spiro atoms. The Morgan fingerprint density at radius 1 is 0.739 bits per heavy atom. The minimum atomic E-state index is -3.24. The van der Waals surface area contributed by atoms with Gasteiger partial charge in [0.2, 0.25) is 0 Å². The van der Waals surface area contributed by atoms with Crippen molar-refractivity contribution in [3.8, 4) is 0 Å². The Labute approximate surface area is 135 Å². The first-order valence-corrected chi connectivity index (χ1v) is 9.52. The molecule has 0 fully saturated rings. The molecule has 3 rings (SSSR count). The Balaban J connectivity index is 2.33. The third kappa shape index (κ3) is 2.36. The Hall–Kier alpha value is -2.14. The zero-order chi connectivity index (χ0) is 16.4. The number of hydrogen-bond acceptors (Lipinski definition) is 4. The quantitative estimate of drug-likeness (QED) is 0.631. The molecule has 7 nitrogen and oxygen atoms in total. The molecular formula is C15H21N6OP. The molecule has 0 aliphatic carbocycles. The average Bonchev–Trinajstić information content (AvgIpc) is 3.33. The van der Waals surface area contributed by atoms with Gasteiger partial charge in [-0.25, -0.2) is 15.0 Å². The molecule has 0 aromatic carbocycles. The third-order valence-electron chi connectivity index (χ3n) is 3.95. The third-order valence-corrected chi connectivity index (χ3v) is 6.75. The van der Waals surface area contributed by atoms with Crippen LogP contribution in [-0.2, 0) is 24.2 Å². The molecule has 3 aromatic rings. The highest BCUT2D eigenvalue weighted by Gasteiger charge is 2.41. The fourth-order valence-corrected chi connectivity index (χ4v) is 5.69. The molecule has 0 saturated heterocycles. The summed E-state index contributed by atoms with van der Waals surface area (Å²) in [7, 11) is -3.24. The van der Waals surface area contributed by atoms with Crippen LogP contribution in [0.1, 0.15) is 20.8 Å². The summed E-state index contributed by atoms with van der Waals surface area (Å²) in [4.78, 5) is 13.2. The molecule has 8 heteroatoms. The summed E-state index contributed by atoms with van der Waals surface area (Å²) in [5.74, 6) is 0. The smallest absolute Gasteiger partial charge is 0.272 e. The lowest BCUT2D eigenvalue weighted by molar-refractivity contribution is 0.584. The van der Waals surface area contributed by atoms with Gasteiger partial charge < -0.3 is 13.7 Å². The molecule has 23 heavy (non-hydrogen) atoms. The lowest BCUT2D eigenvalue weighted by atomic mass is 10.7. The van der Waals surface area contributed by atoms with Crippen LogP contribution in [0.15, 0.2) is 37.2 Å². The molecule has 0 atom stereocenters. The van der Waals surface area contributed by atoms with Gasteiger partial charge in [-0.05, 0) is 20.8 Å². The van der Waals surface area contributed by atoms with E-state index in [1.54, 1.807) is 18.6 Å². The maximum absolute atomic E-state index is 14.3. The van der Waals surface area contributed by atoms with E-state index in [0.717, 1.165) is 0 Å². The van der Waals surface area contributed by atoms with E-state index in [2.05, 4.69) is 15.0 Å². The zero-order valence-electron chi connectivity index (χ0n) is 13.6. The predicted molar refractivity (Wildman–Crippen MR) is 90.2 cm³/mol. The van der Waals surface area contributed by atoms with Gasteiger partial charge in [0, 0.05) is 56.8 Å². The second-order valence-corrected chi connectivity index (χ2v) is 7.57. The standard InChI is InChI=1S/C15H21N6OP/c1-4-19-10-7-16-13(19)23(22,14-17-8-11-20(14)5-2)15-18-9-12-21(15)6-3/h7-12H,4-6H2,1-3H3. The number of aryl methyl sites for hydroxylation is 3. The molecule has 0 amide bonds. The topological polar surface area (TPSA) is 70.5 Å². The first-order chi connectivity index (χ1) is 11.2. The molecule has 0 aliphatic heterocycles. The molecule has 0 bridgehead atoms. The van der Waals surface area contributed by atoms with Crippen molar-refractivity contribution in [2.45, 2.75) is 40.4 Å². The Kier molecular flexibility index (Phi) is 4.22. The van der Waals surface area contributed by atoms with Gasteiger partial charge in [0.15, 0.2) is 16.7 Å². The molecular weight excluding hydrogens is 311 g/mol. The van der Waals surface area contributed by atoms with Crippen molar-refractivity contribution in [2.24, 2.45) is 0 Å². The first kappa shape index (κ1) is 15.7. The highest BCUT2D eigenvalue weighted by molar-refractivity contribution is 7.84. The van der Waals surface area contributed by atoms with Crippen molar-refractivity contribution in [3.63, 3.8) is 0 Å². The molecule has 0 N–H and O–H groups in total. The van der Waals surface area contributed by atoms with E-state index in [9.17, 15) is 4.57 Å². The minimum Gasteiger partial charge on any atom is -0.328 e. The van der Waals surface area contributed by atoms with Gasteiger partial charge in [0.05, 0.1) is 0 Å².